The molecule has 1 aromatic heterocycles. The van der Waals surface area contributed by atoms with Gasteiger partial charge < -0.3 is 0 Å². The highest BCUT2D eigenvalue weighted by atomic mass is 16.3. The molecule has 1 heterocycles. The molecule has 0 saturated carbocycles. The Morgan fingerprint density at radius 1 is 1.18 bits per heavy atom. The summed E-state index contributed by atoms with van der Waals surface area (Å²) in [4.78, 5) is 11.0. The molecule has 0 amide bonds. The molecule has 0 spiro atoms. The summed E-state index contributed by atoms with van der Waals surface area (Å²) in [7, 11) is 0. The van der Waals surface area contributed by atoms with Crippen molar-refractivity contribution in [2.75, 3.05) is 0 Å². The van der Waals surface area contributed by atoms with Gasteiger partial charge in [-0.3, -0.25) is 0 Å². The maximum atomic E-state index is 11.0. The molecule has 0 bridgehead atoms. The lowest BCUT2D eigenvalue weighted by Crippen LogP contribution is -2.18. The first-order valence-electron chi connectivity index (χ1n) is 3.37. The van der Waals surface area contributed by atoms with Crippen molar-refractivity contribution in [3.05, 3.63) is 41.4 Å². The highest BCUT2D eigenvalue weighted by Crippen LogP contribution is 2.04. The van der Waals surface area contributed by atoms with Crippen molar-refractivity contribution in [3.63, 3.8) is 0 Å². The van der Waals surface area contributed by atoms with E-state index in [0.717, 1.165) is 9.93 Å². The van der Waals surface area contributed by atoms with Crippen molar-refractivity contribution in [2.45, 2.75) is 0 Å². The van der Waals surface area contributed by atoms with Crippen molar-refractivity contribution in [2.24, 2.45) is 0 Å². The molecule has 0 atom stereocenters. The fraction of sp³-hybridized carbons (Fsp3) is 0. The van der Waals surface area contributed by atoms with Gasteiger partial charge in [-0.05, 0) is 12.1 Å². The predicted molar refractivity (Wildman–Crippen MR) is 41.7 cm³/mol. The van der Waals surface area contributed by atoms with E-state index >= 15 is 0 Å². The number of fused-ring (bicyclic) bond motifs is 1. The Hall–Kier alpha value is -1.64. The largest absolute Gasteiger partial charge is 0.299 e. The van der Waals surface area contributed by atoms with Crippen LogP contribution in [0.25, 0.3) is 10.9 Å². The lowest BCUT2D eigenvalue weighted by Gasteiger charge is -1.84. The van der Waals surface area contributed by atoms with Crippen LogP contribution >= 0.6 is 0 Å². The van der Waals surface area contributed by atoms with Crippen LogP contribution in [0.2, 0.25) is 0 Å². The Morgan fingerprint density at radius 3 is 2.82 bits per heavy atom. The van der Waals surface area contributed by atoms with E-state index in [1.165, 1.54) is 0 Å². The van der Waals surface area contributed by atoms with Crippen LogP contribution in [0.4, 0.5) is 0 Å². The van der Waals surface area contributed by atoms with Gasteiger partial charge in [-0.15, -0.1) is 5.10 Å². The Bertz CT molecular complexity index is 428. The van der Waals surface area contributed by atoms with Crippen molar-refractivity contribution in [1.29, 1.82) is 0 Å². The first-order chi connectivity index (χ1) is 5.38. The topological polar surface area (TPSA) is 38.8 Å². The van der Waals surface area contributed by atoms with E-state index in [2.05, 4.69) is 5.10 Å². The lowest BCUT2D eigenvalue weighted by atomic mass is 10.2. The zero-order valence-electron chi connectivity index (χ0n) is 5.82. The van der Waals surface area contributed by atoms with Crippen molar-refractivity contribution in [3.8, 4) is 0 Å². The second kappa shape index (κ2) is 2.20. The van der Waals surface area contributed by atoms with Crippen molar-refractivity contribution in [1.82, 2.24) is 5.10 Å². The zero-order valence-corrected chi connectivity index (χ0v) is 5.82. The van der Waals surface area contributed by atoms with Gasteiger partial charge in [0, 0.05) is 6.07 Å². The third kappa shape index (κ3) is 0.902. The molecule has 2 rings (SSSR count). The van der Waals surface area contributed by atoms with Gasteiger partial charge in [0.15, 0.2) is 4.54 Å². The summed E-state index contributed by atoms with van der Waals surface area (Å²) in [6.45, 7) is 0. The van der Waals surface area contributed by atoms with Gasteiger partial charge in [0.05, 0.1) is 16.5 Å². The minimum Gasteiger partial charge on any atom is -0.122 e. The number of nitrogens with one attached hydrogen (secondary N) is 1. The summed E-state index contributed by atoms with van der Waals surface area (Å²) in [5.41, 5.74) is 0.662. The monoisotopic (exact) mass is 147 g/mol. The summed E-state index contributed by atoms with van der Waals surface area (Å²) in [5, 5.41) is 3.48. The smallest absolute Gasteiger partial charge is 0.122 e. The molecule has 0 aliphatic rings. The quantitative estimate of drug-likeness (QED) is 0.556. The van der Waals surface area contributed by atoms with Crippen molar-refractivity contribution < 1.29 is 4.54 Å². The number of rotatable bonds is 0. The Kier molecular flexibility index (Phi) is 1.22. The summed E-state index contributed by atoms with van der Waals surface area (Å²) in [5.74, 6) is 0. The molecular formula is C8H7N2O+. The second-order valence-electron chi connectivity index (χ2n) is 2.32. The first-order valence-corrected chi connectivity index (χ1v) is 3.37. The Balaban J connectivity index is 3.03. The maximum absolute atomic E-state index is 11.0. The van der Waals surface area contributed by atoms with Crippen LogP contribution < -0.4 is 4.54 Å². The minimum absolute atomic E-state index is 0.662. The molecule has 3 nitrogen and oxygen atoms in total. The number of aromatic amines is 1. The molecule has 2 aromatic rings. The van der Waals surface area contributed by atoms with Gasteiger partial charge in [-0.25, -0.2) is 0 Å². The number of aromatic nitrogens is 2. The molecule has 0 aliphatic carbocycles. The molecule has 0 unspecified atom stereocenters. The van der Waals surface area contributed by atoms with E-state index in [1.807, 2.05) is 24.3 Å². The summed E-state index contributed by atoms with van der Waals surface area (Å²) >= 11 is 0. The van der Waals surface area contributed by atoms with Crippen LogP contribution in [0.3, 0.4) is 0 Å². The maximum Gasteiger partial charge on any atom is 0.299 e. The highest BCUT2D eigenvalue weighted by Gasteiger charge is 2.01. The Labute approximate surface area is 62.9 Å². The number of H-pyrrole nitrogens is 1. The van der Waals surface area contributed by atoms with Gasteiger partial charge in [0.2, 0.25) is 0 Å². The third-order valence-corrected chi connectivity index (χ3v) is 1.61. The normalized spacial score (nSPS) is 10.2. The summed E-state index contributed by atoms with van der Waals surface area (Å²) in [6, 6.07) is 9.28. The molecular weight excluding hydrogens is 140 g/mol. The SMILES string of the molecule is O=[n+]1[nH]ccc2ccccc21. The fourth-order valence-corrected chi connectivity index (χ4v) is 1.08. The van der Waals surface area contributed by atoms with Crippen LogP contribution in [-0.4, -0.2) is 5.10 Å². The van der Waals surface area contributed by atoms with Crippen LogP contribution in [0, 0.1) is 4.91 Å². The highest BCUT2D eigenvalue weighted by molar-refractivity contribution is 5.74. The molecule has 0 fully saturated rings. The number of para-hydroxylation sites is 1. The molecule has 1 aromatic carbocycles. The number of hydrogen-bond acceptors (Lipinski definition) is 1. The number of hydrogen-bond donors (Lipinski definition) is 1. The third-order valence-electron chi connectivity index (χ3n) is 1.61. The van der Waals surface area contributed by atoms with Crippen LogP contribution in [0.1, 0.15) is 0 Å². The lowest BCUT2D eigenvalue weighted by molar-refractivity contribution is -0.536. The van der Waals surface area contributed by atoms with E-state index in [9.17, 15) is 4.91 Å². The summed E-state index contributed by atoms with van der Waals surface area (Å²) < 4.78 is 0.745. The van der Waals surface area contributed by atoms with Crippen LogP contribution in [0.5, 0.6) is 0 Å². The van der Waals surface area contributed by atoms with Gasteiger partial charge >= 0.3 is 0 Å². The Morgan fingerprint density at radius 2 is 2.00 bits per heavy atom. The second-order valence-corrected chi connectivity index (χ2v) is 2.32. The van der Waals surface area contributed by atoms with Gasteiger partial charge in [0.1, 0.15) is 0 Å². The van der Waals surface area contributed by atoms with Crippen LogP contribution in [0.15, 0.2) is 36.5 Å². The molecule has 0 aliphatic heterocycles. The molecule has 0 saturated heterocycles. The van der Waals surface area contributed by atoms with Crippen molar-refractivity contribution >= 4 is 10.9 Å². The fourth-order valence-electron chi connectivity index (χ4n) is 1.08. The van der Waals surface area contributed by atoms with E-state index in [1.54, 1.807) is 12.3 Å². The zero-order chi connectivity index (χ0) is 7.68. The summed E-state index contributed by atoms with van der Waals surface area (Å²) in [6.07, 6.45) is 1.62. The van der Waals surface area contributed by atoms with E-state index in [0.29, 0.717) is 5.52 Å². The van der Waals surface area contributed by atoms with Gasteiger partial charge in [-0.2, -0.15) is 0 Å². The van der Waals surface area contributed by atoms with Crippen LogP contribution in [-0.2, 0) is 0 Å². The van der Waals surface area contributed by atoms with E-state index < -0.39 is 0 Å². The van der Waals surface area contributed by atoms with Gasteiger partial charge in [-0.1, -0.05) is 12.1 Å². The average Bonchev–Trinajstić information content (AvgIpc) is 2.06. The van der Waals surface area contributed by atoms with E-state index in [4.69, 9.17) is 0 Å². The molecule has 54 valence electrons. The minimum atomic E-state index is 0.662. The predicted octanol–water partition coefficient (Wildman–Crippen LogP) is 1.08. The molecule has 0 radical (unpaired) electrons. The first kappa shape index (κ1) is 6.09. The van der Waals surface area contributed by atoms with Gasteiger partial charge in [0.25, 0.3) is 5.52 Å². The van der Waals surface area contributed by atoms with E-state index in [-0.39, 0.29) is 0 Å². The average molecular weight is 147 g/mol. The number of nitrogens with zero attached hydrogens (tertiary/aromatic N) is 1. The standard InChI is InChI=1S/C8H7N2O/c11-10-8-4-2-1-3-7(8)5-6-9-10/h1-6H,(H,9,11)/q+1. The number of benzene rings is 1. The molecule has 1 N–H and O–H groups in total. The molecule has 3 heteroatoms. The molecule has 11 heavy (non-hydrogen) atoms.